The van der Waals surface area contributed by atoms with Gasteiger partial charge in [0.2, 0.25) is 5.91 Å². The molecule has 5 nitrogen and oxygen atoms in total. The second-order valence-corrected chi connectivity index (χ2v) is 4.08. The first-order chi connectivity index (χ1) is 8.04. The first kappa shape index (κ1) is 14.3. The number of carbonyl (C=O) groups excluding carboxylic acids is 1. The Bertz CT molecular complexity index is 246. The molecule has 17 heavy (non-hydrogen) atoms. The van der Waals surface area contributed by atoms with Crippen molar-refractivity contribution in [3.05, 3.63) is 0 Å². The second-order valence-electron chi connectivity index (χ2n) is 4.08. The summed E-state index contributed by atoms with van der Waals surface area (Å²) in [6, 6.07) is -0.665. The summed E-state index contributed by atoms with van der Waals surface area (Å²) in [5, 5.41) is 0. The van der Waals surface area contributed by atoms with Gasteiger partial charge in [-0.15, -0.1) is 0 Å². The Balaban J connectivity index is 2.33. The zero-order valence-electron chi connectivity index (χ0n) is 9.94. The molecule has 1 unspecified atom stereocenters. The second kappa shape index (κ2) is 6.83. The minimum absolute atomic E-state index is 0.177. The van der Waals surface area contributed by atoms with Gasteiger partial charge in [0.05, 0.1) is 13.2 Å². The van der Waals surface area contributed by atoms with Gasteiger partial charge in [-0.3, -0.25) is 9.69 Å². The Hall–Kier alpha value is -0.790. The van der Waals surface area contributed by atoms with E-state index in [0.29, 0.717) is 26.2 Å². The maximum Gasteiger partial charge on any atom is 0.251 e. The van der Waals surface area contributed by atoms with Gasteiger partial charge < -0.3 is 15.4 Å². The van der Waals surface area contributed by atoms with Crippen molar-refractivity contribution in [3.8, 4) is 0 Å². The number of hydrogen-bond acceptors (Lipinski definition) is 4. The largest absolute Gasteiger partial charge is 0.383 e. The van der Waals surface area contributed by atoms with Gasteiger partial charge in [0.25, 0.3) is 6.43 Å². The highest BCUT2D eigenvalue weighted by Gasteiger charge is 2.25. The van der Waals surface area contributed by atoms with E-state index in [1.54, 1.807) is 9.80 Å². The Kier molecular flexibility index (Phi) is 5.73. The SMILES string of the molecule is COCC(N)C(=O)N1CCN(CC(F)F)CC1. The summed E-state index contributed by atoms with van der Waals surface area (Å²) in [5.74, 6) is -0.177. The van der Waals surface area contributed by atoms with Gasteiger partial charge in [-0.25, -0.2) is 8.78 Å². The summed E-state index contributed by atoms with van der Waals surface area (Å²) in [6.07, 6.45) is -2.33. The number of piperazine rings is 1. The lowest BCUT2D eigenvalue weighted by molar-refractivity contribution is -0.135. The number of rotatable bonds is 5. The van der Waals surface area contributed by atoms with Crippen LogP contribution >= 0.6 is 0 Å². The summed E-state index contributed by atoms with van der Waals surface area (Å²) in [7, 11) is 1.48. The first-order valence-electron chi connectivity index (χ1n) is 5.58. The van der Waals surface area contributed by atoms with Crippen LogP contribution in [0.2, 0.25) is 0 Å². The van der Waals surface area contributed by atoms with E-state index in [1.165, 1.54) is 7.11 Å². The molecule has 0 aliphatic carbocycles. The van der Waals surface area contributed by atoms with Crippen LogP contribution < -0.4 is 5.73 Å². The molecular formula is C10H19F2N3O2. The van der Waals surface area contributed by atoms with Crippen LogP contribution in [-0.2, 0) is 9.53 Å². The number of amides is 1. The van der Waals surface area contributed by atoms with Crippen LogP contribution in [0.1, 0.15) is 0 Å². The van der Waals surface area contributed by atoms with E-state index in [0.717, 1.165) is 0 Å². The summed E-state index contributed by atoms with van der Waals surface area (Å²) in [5.41, 5.74) is 5.62. The standard InChI is InChI=1S/C10H19F2N3O2/c1-17-7-8(13)10(16)15-4-2-14(3-5-15)6-9(11)12/h8-9H,2-7,13H2,1H3. The number of methoxy groups -OCH3 is 1. The number of alkyl halides is 2. The van der Waals surface area contributed by atoms with Gasteiger partial charge in [0.15, 0.2) is 0 Å². The van der Waals surface area contributed by atoms with Crippen molar-refractivity contribution >= 4 is 5.91 Å². The van der Waals surface area contributed by atoms with Gasteiger partial charge in [0, 0.05) is 33.3 Å². The minimum atomic E-state index is -2.33. The predicted octanol–water partition coefficient (Wildman–Crippen LogP) is -0.631. The van der Waals surface area contributed by atoms with Crippen molar-refractivity contribution in [2.45, 2.75) is 12.5 Å². The van der Waals surface area contributed by atoms with Crippen LogP contribution in [0, 0.1) is 0 Å². The van der Waals surface area contributed by atoms with Gasteiger partial charge in [-0.1, -0.05) is 0 Å². The zero-order valence-corrected chi connectivity index (χ0v) is 9.94. The fraction of sp³-hybridized carbons (Fsp3) is 0.900. The van der Waals surface area contributed by atoms with E-state index in [9.17, 15) is 13.6 Å². The quantitative estimate of drug-likeness (QED) is 0.707. The highest BCUT2D eigenvalue weighted by Crippen LogP contribution is 2.06. The lowest BCUT2D eigenvalue weighted by atomic mass is 10.2. The minimum Gasteiger partial charge on any atom is -0.383 e. The topological polar surface area (TPSA) is 58.8 Å². The normalized spacial score (nSPS) is 19.7. The monoisotopic (exact) mass is 251 g/mol. The number of nitrogens with two attached hydrogens (primary N) is 1. The Labute approximate surface area is 99.5 Å². The first-order valence-corrected chi connectivity index (χ1v) is 5.58. The van der Waals surface area contributed by atoms with Crippen LogP contribution in [-0.4, -0.2) is 74.6 Å². The molecule has 0 radical (unpaired) electrons. The highest BCUT2D eigenvalue weighted by molar-refractivity contribution is 5.81. The zero-order chi connectivity index (χ0) is 12.8. The van der Waals surface area contributed by atoms with Crippen molar-refractivity contribution in [1.29, 1.82) is 0 Å². The van der Waals surface area contributed by atoms with Crippen molar-refractivity contribution < 1.29 is 18.3 Å². The van der Waals surface area contributed by atoms with Gasteiger partial charge in [0.1, 0.15) is 6.04 Å². The summed E-state index contributed by atoms with van der Waals surface area (Å²) in [4.78, 5) is 15.0. The molecule has 1 rings (SSSR count). The summed E-state index contributed by atoms with van der Waals surface area (Å²) >= 11 is 0. The molecule has 0 aromatic heterocycles. The molecule has 0 aromatic rings. The third-order valence-electron chi connectivity index (χ3n) is 2.74. The van der Waals surface area contributed by atoms with E-state index in [2.05, 4.69) is 0 Å². The van der Waals surface area contributed by atoms with E-state index >= 15 is 0 Å². The third-order valence-corrected chi connectivity index (χ3v) is 2.74. The van der Waals surface area contributed by atoms with Gasteiger partial charge in [-0.05, 0) is 0 Å². The van der Waals surface area contributed by atoms with Crippen LogP contribution in [0.4, 0.5) is 8.78 Å². The number of ether oxygens (including phenoxy) is 1. The third kappa shape index (κ3) is 4.53. The van der Waals surface area contributed by atoms with Crippen LogP contribution in [0.5, 0.6) is 0 Å². The summed E-state index contributed by atoms with van der Waals surface area (Å²) in [6.45, 7) is 1.78. The number of halogens is 2. The lowest BCUT2D eigenvalue weighted by Gasteiger charge is -2.35. The molecule has 2 N–H and O–H groups in total. The number of nitrogens with zero attached hydrogens (tertiary/aromatic N) is 2. The number of carbonyl (C=O) groups is 1. The van der Waals surface area contributed by atoms with E-state index in [1.807, 2.05) is 0 Å². The van der Waals surface area contributed by atoms with E-state index in [4.69, 9.17) is 10.5 Å². The maximum absolute atomic E-state index is 12.1. The van der Waals surface area contributed by atoms with Crippen LogP contribution in [0.25, 0.3) is 0 Å². The molecular weight excluding hydrogens is 232 g/mol. The van der Waals surface area contributed by atoms with Crippen molar-refractivity contribution in [1.82, 2.24) is 9.80 Å². The molecule has 0 bridgehead atoms. The Morgan fingerprint density at radius 2 is 1.94 bits per heavy atom. The molecule has 0 saturated carbocycles. The molecule has 0 spiro atoms. The molecule has 1 atom stereocenters. The highest BCUT2D eigenvalue weighted by atomic mass is 19.3. The smallest absolute Gasteiger partial charge is 0.251 e. The molecule has 1 aliphatic rings. The van der Waals surface area contributed by atoms with E-state index in [-0.39, 0.29) is 19.1 Å². The van der Waals surface area contributed by atoms with Gasteiger partial charge in [-0.2, -0.15) is 0 Å². The molecule has 1 aliphatic heterocycles. The average Bonchev–Trinajstić information content (AvgIpc) is 2.28. The van der Waals surface area contributed by atoms with E-state index < -0.39 is 12.5 Å². The number of hydrogen-bond donors (Lipinski definition) is 1. The van der Waals surface area contributed by atoms with Crippen LogP contribution in [0.15, 0.2) is 0 Å². The molecule has 1 saturated heterocycles. The Morgan fingerprint density at radius 3 is 2.41 bits per heavy atom. The maximum atomic E-state index is 12.1. The van der Waals surface area contributed by atoms with Crippen molar-refractivity contribution in [2.24, 2.45) is 5.73 Å². The van der Waals surface area contributed by atoms with Crippen LogP contribution in [0.3, 0.4) is 0 Å². The molecule has 1 heterocycles. The lowest BCUT2D eigenvalue weighted by Crippen LogP contribution is -2.54. The van der Waals surface area contributed by atoms with Gasteiger partial charge >= 0.3 is 0 Å². The predicted molar refractivity (Wildman–Crippen MR) is 58.9 cm³/mol. The molecule has 7 heteroatoms. The Morgan fingerprint density at radius 1 is 1.35 bits per heavy atom. The molecule has 1 amide bonds. The molecule has 100 valence electrons. The van der Waals surface area contributed by atoms with Crippen molar-refractivity contribution in [3.63, 3.8) is 0 Å². The average molecular weight is 251 g/mol. The summed E-state index contributed by atoms with van der Waals surface area (Å²) < 4.78 is 29.1. The fourth-order valence-electron chi connectivity index (χ4n) is 1.83. The molecule has 1 fully saturated rings. The molecule has 0 aromatic carbocycles. The fourth-order valence-corrected chi connectivity index (χ4v) is 1.83. The van der Waals surface area contributed by atoms with Crippen molar-refractivity contribution in [2.75, 3.05) is 46.4 Å².